The molecule has 3 aliphatic rings. The summed E-state index contributed by atoms with van der Waals surface area (Å²) >= 11 is 0. The van der Waals surface area contributed by atoms with Gasteiger partial charge in [0, 0.05) is 12.1 Å². The maximum absolute atomic E-state index is 3.93. The molecule has 16 heavy (non-hydrogen) atoms. The van der Waals surface area contributed by atoms with Crippen molar-refractivity contribution in [2.75, 3.05) is 0 Å². The van der Waals surface area contributed by atoms with Crippen molar-refractivity contribution >= 4 is 0 Å². The highest BCUT2D eigenvalue weighted by Gasteiger charge is 2.42. The predicted molar refractivity (Wildman–Crippen MR) is 68.2 cm³/mol. The van der Waals surface area contributed by atoms with Gasteiger partial charge in [0.05, 0.1) is 0 Å². The van der Waals surface area contributed by atoms with Crippen LogP contribution >= 0.6 is 0 Å². The summed E-state index contributed by atoms with van der Waals surface area (Å²) in [4.78, 5) is 0. The molecule has 2 fully saturated rings. The minimum atomic E-state index is 0.811. The molecule has 2 saturated carbocycles. The third kappa shape index (κ3) is 1.84. The Morgan fingerprint density at radius 1 is 1.06 bits per heavy atom. The van der Waals surface area contributed by atoms with Gasteiger partial charge in [0.2, 0.25) is 0 Å². The van der Waals surface area contributed by atoms with E-state index in [1.165, 1.54) is 32.1 Å². The van der Waals surface area contributed by atoms with Gasteiger partial charge in [0.1, 0.15) is 0 Å². The van der Waals surface area contributed by atoms with E-state index in [0.29, 0.717) is 0 Å². The van der Waals surface area contributed by atoms with Crippen LogP contribution in [-0.2, 0) is 0 Å². The summed E-state index contributed by atoms with van der Waals surface area (Å²) in [6.07, 6.45) is 11.9. The number of allylic oxidation sites excluding steroid dienone is 1. The minimum Gasteiger partial charge on any atom is -0.311 e. The maximum Gasteiger partial charge on any atom is 0.0138 e. The van der Waals surface area contributed by atoms with Crippen molar-refractivity contribution in [1.82, 2.24) is 5.32 Å². The fraction of sp³-hybridized carbons (Fsp3) is 0.867. The number of hydrogen-bond donors (Lipinski definition) is 1. The van der Waals surface area contributed by atoms with Gasteiger partial charge in [-0.25, -0.2) is 0 Å². The average molecular weight is 219 g/mol. The van der Waals surface area contributed by atoms with E-state index in [9.17, 15) is 0 Å². The van der Waals surface area contributed by atoms with Crippen molar-refractivity contribution in [2.24, 2.45) is 23.7 Å². The average Bonchev–Trinajstić information content (AvgIpc) is 2.61. The van der Waals surface area contributed by atoms with Crippen molar-refractivity contribution in [2.45, 2.75) is 58.0 Å². The van der Waals surface area contributed by atoms with Crippen LogP contribution in [0.4, 0.5) is 0 Å². The van der Waals surface area contributed by atoms with E-state index in [0.717, 1.165) is 35.8 Å². The molecule has 6 unspecified atom stereocenters. The van der Waals surface area contributed by atoms with Crippen molar-refractivity contribution in [3.63, 3.8) is 0 Å². The zero-order valence-corrected chi connectivity index (χ0v) is 10.7. The van der Waals surface area contributed by atoms with Crippen molar-refractivity contribution in [3.05, 3.63) is 12.2 Å². The van der Waals surface area contributed by atoms with Crippen LogP contribution in [0.3, 0.4) is 0 Å². The molecule has 0 radical (unpaired) electrons. The van der Waals surface area contributed by atoms with Gasteiger partial charge in [-0.3, -0.25) is 0 Å². The molecule has 0 bridgehead atoms. The Hall–Kier alpha value is -0.300. The predicted octanol–water partition coefficient (Wildman–Crippen LogP) is 3.37. The maximum atomic E-state index is 3.93. The third-order valence-corrected chi connectivity index (χ3v) is 5.41. The van der Waals surface area contributed by atoms with Gasteiger partial charge in [-0.15, -0.1) is 0 Å². The molecule has 0 aromatic heterocycles. The minimum absolute atomic E-state index is 0.811. The third-order valence-electron chi connectivity index (χ3n) is 5.41. The first-order valence-corrected chi connectivity index (χ1v) is 7.16. The Labute approximate surface area is 99.7 Å². The Kier molecular flexibility index (Phi) is 2.83. The van der Waals surface area contributed by atoms with Crippen molar-refractivity contribution in [3.8, 4) is 0 Å². The highest BCUT2D eigenvalue weighted by Crippen LogP contribution is 2.43. The van der Waals surface area contributed by atoms with E-state index in [-0.39, 0.29) is 0 Å². The Morgan fingerprint density at radius 3 is 2.69 bits per heavy atom. The molecule has 0 aliphatic heterocycles. The summed E-state index contributed by atoms with van der Waals surface area (Å²) in [6, 6.07) is 1.63. The molecule has 3 aliphatic carbocycles. The van der Waals surface area contributed by atoms with Gasteiger partial charge in [0.25, 0.3) is 0 Å². The second-order valence-electron chi connectivity index (χ2n) is 6.47. The molecule has 90 valence electrons. The quantitative estimate of drug-likeness (QED) is 0.702. The molecule has 0 aromatic rings. The smallest absolute Gasteiger partial charge is 0.0138 e. The van der Waals surface area contributed by atoms with Crippen LogP contribution in [0.1, 0.15) is 46.0 Å². The Balaban J connectivity index is 1.50. The van der Waals surface area contributed by atoms with E-state index < -0.39 is 0 Å². The normalized spacial score (nSPS) is 51.1. The first-order valence-electron chi connectivity index (χ1n) is 7.16. The van der Waals surface area contributed by atoms with Crippen molar-refractivity contribution in [1.29, 1.82) is 0 Å². The standard InChI is InChI=1S/C15H25N/c1-10-6-7-13(8-11(10)2)16-15-9-12-4-3-5-14(12)15/h3,5,10-16H,4,6-9H2,1-2H3. The van der Waals surface area contributed by atoms with Crippen LogP contribution in [0.2, 0.25) is 0 Å². The zero-order valence-electron chi connectivity index (χ0n) is 10.7. The van der Waals surface area contributed by atoms with Gasteiger partial charge < -0.3 is 5.32 Å². The van der Waals surface area contributed by atoms with Crippen LogP contribution < -0.4 is 5.32 Å². The summed E-state index contributed by atoms with van der Waals surface area (Å²) in [6.45, 7) is 4.84. The van der Waals surface area contributed by atoms with E-state index in [1.807, 2.05) is 0 Å². The van der Waals surface area contributed by atoms with E-state index in [4.69, 9.17) is 0 Å². The number of fused-ring (bicyclic) bond motifs is 1. The molecule has 0 aromatic carbocycles. The molecular formula is C15H25N. The lowest BCUT2D eigenvalue weighted by atomic mass is 9.70. The highest BCUT2D eigenvalue weighted by molar-refractivity contribution is 5.13. The van der Waals surface area contributed by atoms with E-state index in [2.05, 4.69) is 31.3 Å². The summed E-state index contributed by atoms with van der Waals surface area (Å²) in [7, 11) is 0. The Morgan fingerprint density at radius 2 is 1.94 bits per heavy atom. The Bertz CT molecular complexity index is 283. The van der Waals surface area contributed by atoms with Gasteiger partial charge in [-0.05, 0) is 55.8 Å². The molecule has 0 amide bonds. The van der Waals surface area contributed by atoms with Crippen LogP contribution in [0.5, 0.6) is 0 Å². The van der Waals surface area contributed by atoms with E-state index >= 15 is 0 Å². The molecule has 1 heteroatoms. The molecule has 0 saturated heterocycles. The lowest BCUT2D eigenvalue weighted by Crippen LogP contribution is -2.53. The molecular weight excluding hydrogens is 194 g/mol. The molecule has 6 atom stereocenters. The first-order chi connectivity index (χ1) is 7.74. The second kappa shape index (κ2) is 4.18. The highest BCUT2D eigenvalue weighted by atomic mass is 15.0. The van der Waals surface area contributed by atoms with Gasteiger partial charge >= 0.3 is 0 Å². The first kappa shape index (κ1) is 10.8. The van der Waals surface area contributed by atoms with Crippen LogP contribution in [0.25, 0.3) is 0 Å². The fourth-order valence-electron chi connectivity index (χ4n) is 3.91. The molecule has 0 heterocycles. The van der Waals surface area contributed by atoms with Crippen molar-refractivity contribution < 1.29 is 0 Å². The molecule has 1 nitrogen and oxygen atoms in total. The lowest BCUT2D eigenvalue weighted by molar-refractivity contribution is 0.123. The fourth-order valence-corrected chi connectivity index (χ4v) is 3.91. The monoisotopic (exact) mass is 219 g/mol. The second-order valence-corrected chi connectivity index (χ2v) is 6.47. The summed E-state index contributed by atoms with van der Waals surface area (Å²) < 4.78 is 0. The number of hydrogen-bond acceptors (Lipinski definition) is 1. The van der Waals surface area contributed by atoms with Gasteiger partial charge in [-0.2, -0.15) is 0 Å². The summed E-state index contributed by atoms with van der Waals surface area (Å²) in [5, 5.41) is 3.93. The van der Waals surface area contributed by atoms with Crippen LogP contribution in [-0.4, -0.2) is 12.1 Å². The summed E-state index contributed by atoms with van der Waals surface area (Å²) in [5.41, 5.74) is 0. The topological polar surface area (TPSA) is 12.0 Å². The lowest BCUT2D eigenvalue weighted by Gasteiger charge is -2.44. The number of rotatable bonds is 2. The SMILES string of the molecule is CC1CCC(NC2CC3CC=CC32)CC1C. The van der Waals surface area contributed by atoms with E-state index in [1.54, 1.807) is 0 Å². The molecule has 0 spiro atoms. The largest absolute Gasteiger partial charge is 0.311 e. The van der Waals surface area contributed by atoms with Crippen LogP contribution in [0, 0.1) is 23.7 Å². The van der Waals surface area contributed by atoms with Gasteiger partial charge in [-0.1, -0.05) is 26.0 Å². The molecule has 1 N–H and O–H groups in total. The van der Waals surface area contributed by atoms with Gasteiger partial charge in [0.15, 0.2) is 0 Å². The zero-order chi connectivity index (χ0) is 11.1. The van der Waals surface area contributed by atoms with Crippen LogP contribution in [0.15, 0.2) is 12.2 Å². The number of nitrogens with one attached hydrogen (secondary N) is 1. The summed E-state index contributed by atoms with van der Waals surface area (Å²) in [5.74, 6) is 3.74. The molecule has 3 rings (SSSR count).